The number of halogens is 1. The Balaban J connectivity index is 1.96. The van der Waals surface area contributed by atoms with Crippen LogP contribution < -0.4 is 0 Å². The standard InChI is InChI=1S/C17H17FOS/c1-12-7-8-13(2)17(9-12)20-11-15(19)10-14-5-3-4-6-16(14)18/h3-9H,10-11H2,1-2H3. The Hall–Kier alpha value is -1.61. The molecule has 2 aromatic carbocycles. The van der Waals surface area contributed by atoms with Crippen LogP contribution in [0.2, 0.25) is 0 Å². The van der Waals surface area contributed by atoms with Gasteiger partial charge in [0.05, 0.1) is 5.75 Å². The third-order valence-electron chi connectivity index (χ3n) is 3.08. The van der Waals surface area contributed by atoms with Gasteiger partial charge < -0.3 is 0 Å². The number of carbonyl (C=O) groups is 1. The van der Waals surface area contributed by atoms with Gasteiger partial charge in [0.15, 0.2) is 0 Å². The predicted molar refractivity (Wildman–Crippen MR) is 81.8 cm³/mol. The van der Waals surface area contributed by atoms with Crippen molar-refractivity contribution in [3.63, 3.8) is 0 Å². The fourth-order valence-electron chi connectivity index (χ4n) is 1.93. The molecule has 0 aliphatic rings. The monoisotopic (exact) mass is 288 g/mol. The third-order valence-corrected chi connectivity index (χ3v) is 4.29. The average Bonchev–Trinajstić information content (AvgIpc) is 2.42. The lowest BCUT2D eigenvalue weighted by Crippen LogP contribution is -2.07. The molecule has 1 nitrogen and oxygen atoms in total. The molecule has 0 atom stereocenters. The fraction of sp³-hybridized carbons (Fsp3) is 0.235. The van der Waals surface area contributed by atoms with Crippen LogP contribution in [-0.2, 0) is 11.2 Å². The molecule has 0 fully saturated rings. The Morgan fingerprint density at radius 3 is 2.65 bits per heavy atom. The first-order valence-corrected chi connectivity index (χ1v) is 7.50. The summed E-state index contributed by atoms with van der Waals surface area (Å²) < 4.78 is 13.5. The summed E-state index contributed by atoms with van der Waals surface area (Å²) >= 11 is 1.52. The molecule has 104 valence electrons. The van der Waals surface area contributed by atoms with E-state index in [2.05, 4.69) is 18.2 Å². The normalized spacial score (nSPS) is 10.6. The lowest BCUT2D eigenvalue weighted by atomic mass is 10.1. The summed E-state index contributed by atoms with van der Waals surface area (Å²) in [5.41, 5.74) is 2.82. The molecule has 0 unspecified atom stereocenters. The molecule has 3 heteroatoms. The van der Waals surface area contributed by atoms with Crippen LogP contribution in [0.15, 0.2) is 47.4 Å². The average molecular weight is 288 g/mol. The largest absolute Gasteiger partial charge is 0.298 e. The summed E-state index contributed by atoms with van der Waals surface area (Å²) in [7, 11) is 0. The molecule has 2 rings (SSSR count). The van der Waals surface area contributed by atoms with Crippen LogP contribution in [0.4, 0.5) is 4.39 Å². The molecule has 0 bridgehead atoms. The molecule has 0 aliphatic heterocycles. The van der Waals surface area contributed by atoms with Crippen LogP contribution in [0.3, 0.4) is 0 Å². The Bertz CT molecular complexity index is 622. The van der Waals surface area contributed by atoms with Crippen LogP contribution >= 0.6 is 11.8 Å². The number of Topliss-reactive ketones (excluding diaryl/α,β-unsaturated/α-hetero) is 1. The molecule has 0 aromatic heterocycles. The van der Waals surface area contributed by atoms with E-state index in [1.165, 1.54) is 29.0 Å². The quantitative estimate of drug-likeness (QED) is 0.761. The van der Waals surface area contributed by atoms with E-state index in [-0.39, 0.29) is 18.0 Å². The van der Waals surface area contributed by atoms with Crippen molar-refractivity contribution in [1.29, 1.82) is 0 Å². The van der Waals surface area contributed by atoms with Gasteiger partial charge in [-0.2, -0.15) is 0 Å². The number of carbonyl (C=O) groups excluding carboxylic acids is 1. The summed E-state index contributed by atoms with van der Waals surface area (Å²) in [6.07, 6.45) is 0.157. The van der Waals surface area contributed by atoms with Crippen molar-refractivity contribution in [3.05, 3.63) is 65.0 Å². The molecule has 0 saturated heterocycles. The van der Waals surface area contributed by atoms with Crippen LogP contribution in [0.5, 0.6) is 0 Å². The summed E-state index contributed by atoms with van der Waals surface area (Å²) in [5, 5.41) is 0. The van der Waals surface area contributed by atoms with Gasteiger partial charge in [0, 0.05) is 11.3 Å². The third kappa shape index (κ3) is 3.94. The van der Waals surface area contributed by atoms with Crippen molar-refractivity contribution in [2.24, 2.45) is 0 Å². The van der Waals surface area contributed by atoms with Crippen molar-refractivity contribution >= 4 is 17.5 Å². The van der Waals surface area contributed by atoms with E-state index in [1.807, 2.05) is 13.8 Å². The summed E-state index contributed by atoms with van der Waals surface area (Å²) in [6, 6.07) is 12.6. The highest BCUT2D eigenvalue weighted by molar-refractivity contribution is 8.00. The van der Waals surface area contributed by atoms with E-state index in [1.54, 1.807) is 18.2 Å². The first-order chi connectivity index (χ1) is 9.56. The number of benzene rings is 2. The molecule has 2 aromatic rings. The Morgan fingerprint density at radius 2 is 1.90 bits per heavy atom. The zero-order valence-electron chi connectivity index (χ0n) is 11.7. The molecule has 20 heavy (non-hydrogen) atoms. The van der Waals surface area contributed by atoms with Gasteiger partial charge in [-0.3, -0.25) is 4.79 Å². The molecular weight excluding hydrogens is 271 g/mol. The summed E-state index contributed by atoms with van der Waals surface area (Å²) in [6.45, 7) is 4.06. The van der Waals surface area contributed by atoms with E-state index in [0.29, 0.717) is 11.3 Å². The van der Waals surface area contributed by atoms with Crippen LogP contribution in [0, 0.1) is 19.7 Å². The lowest BCUT2D eigenvalue weighted by Gasteiger charge is -2.07. The molecule has 0 radical (unpaired) electrons. The zero-order chi connectivity index (χ0) is 14.5. The van der Waals surface area contributed by atoms with Gasteiger partial charge >= 0.3 is 0 Å². The van der Waals surface area contributed by atoms with Crippen LogP contribution in [0.1, 0.15) is 16.7 Å². The van der Waals surface area contributed by atoms with E-state index in [4.69, 9.17) is 0 Å². The molecular formula is C17H17FOS. The second kappa shape index (κ2) is 6.71. The Kier molecular flexibility index (Phi) is 4.96. The number of hydrogen-bond donors (Lipinski definition) is 0. The highest BCUT2D eigenvalue weighted by Crippen LogP contribution is 2.24. The number of aryl methyl sites for hydroxylation is 2. The minimum absolute atomic E-state index is 0.0426. The minimum atomic E-state index is -0.308. The van der Waals surface area contributed by atoms with Crippen molar-refractivity contribution in [2.75, 3.05) is 5.75 Å². The van der Waals surface area contributed by atoms with E-state index in [9.17, 15) is 9.18 Å². The number of rotatable bonds is 5. The Labute approximate surface area is 123 Å². The lowest BCUT2D eigenvalue weighted by molar-refractivity contribution is -0.116. The van der Waals surface area contributed by atoms with Gasteiger partial charge in [-0.05, 0) is 37.1 Å². The highest BCUT2D eigenvalue weighted by atomic mass is 32.2. The van der Waals surface area contributed by atoms with Gasteiger partial charge in [-0.25, -0.2) is 4.39 Å². The number of ketones is 1. The Morgan fingerprint density at radius 1 is 1.15 bits per heavy atom. The highest BCUT2D eigenvalue weighted by Gasteiger charge is 2.09. The van der Waals surface area contributed by atoms with Crippen LogP contribution in [0.25, 0.3) is 0 Å². The maximum atomic E-state index is 13.5. The predicted octanol–water partition coefficient (Wildman–Crippen LogP) is 4.35. The molecule has 0 spiro atoms. The molecule has 0 N–H and O–H groups in total. The smallest absolute Gasteiger partial charge is 0.147 e. The maximum absolute atomic E-state index is 13.5. The molecule has 0 heterocycles. The molecule has 0 amide bonds. The van der Waals surface area contributed by atoms with Gasteiger partial charge in [0.25, 0.3) is 0 Å². The minimum Gasteiger partial charge on any atom is -0.298 e. The van der Waals surface area contributed by atoms with Gasteiger partial charge in [-0.15, -0.1) is 11.8 Å². The topological polar surface area (TPSA) is 17.1 Å². The SMILES string of the molecule is Cc1ccc(C)c(SCC(=O)Cc2ccccc2F)c1. The van der Waals surface area contributed by atoms with Crippen molar-refractivity contribution in [3.8, 4) is 0 Å². The number of hydrogen-bond acceptors (Lipinski definition) is 2. The fourth-order valence-corrected chi connectivity index (χ4v) is 2.91. The number of thioether (sulfide) groups is 1. The second-order valence-electron chi connectivity index (χ2n) is 4.86. The van der Waals surface area contributed by atoms with Gasteiger partial charge in [0.2, 0.25) is 0 Å². The van der Waals surface area contributed by atoms with E-state index in [0.717, 1.165) is 4.90 Å². The first kappa shape index (κ1) is 14.8. The van der Waals surface area contributed by atoms with Crippen molar-refractivity contribution in [1.82, 2.24) is 0 Å². The zero-order valence-corrected chi connectivity index (χ0v) is 12.5. The molecule has 0 aliphatic carbocycles. The van der Waals surface area contributed by atoms with Crippen molar-refractivity contribution < 1.29 is 9.18 Å². The first-order valence-electron chi connectivity index (χ1n) is 6.51. The van der Waals surface area contributed by atoms with E-state index < -0.39 is 0 Å². The second-order valence-corrected chi connectivity index (χ2v) is 5.88. The summed E-state index contributed by atoms with van der Waals surface area (Å²) in [4.78, 5) is 13.1. The molecule has 0 saturated carbocycles. The maximum Gasteiger partial charge on any atom is 0.147 e. The summed E-state index contributed by atoms with van der Waals surface area (Å²) in [5.74, 6) is 0.108. The van der Waals surface area contributed by atoms with E-state index >= 15 is 0 Å². The van der Waals surface area contributed by atoms with Gasteiger partial charge in [0.1, 0.15) is 11.6 Å². The van der Waals surface area contributed by atoms with Crippen LogP contribution in [-0.4, -0.2) is 11.5 Å². The van der Waals surface area contributed by atoms with Gasteiger partial charge in [-0.1, -0.05) is 35.9 Å². The van der Waals surface area contributed by atoms with Crippen molar-refractivity contribution in [2.45, 2.75) is 25.2 Å².